The van der Waals surface area contributed by atoms with Gasteiger partial charge in [0.2, 0.25) is 5.91 Å². The Balaban J connectivity index is 1.38. The van der Waals surface area contributed by atoms with Gasteiger partial charge in [-0.1, -0.05) is 11.6 Å². The van der Waals surface area contributed by atoms with E-state index in [1.54, 1.807) is 19.2 Å². The van der Waals surface area contributed by atoms with Crippen molar-refractivity contribution in [3.8, 4) is 16.2 Å². The van der Waals surface area contributed by atoms with E-state index in [9.17, 15) is 9.59 Å². The first kappa shape index (κ1) is 20.3. The average Bonchev–Trinajstić information content (AvgIpc) is 3.39. The summed E-state index contributed by atoms with van der Waals surface area (Å²) >= 11 is 7.90. The molecular weight excluding hydrogens is 422 g/mol. The highest BCUT2D eigenvalue weighted by Gasteiger charge is 2.26. The summed E-state index contributed by atoms with van der Waals surface area (Å²) in [5, 5.41) is 3.39. The largest absolute Gasteiger partial charge is 0.486 e. The normalized spacial score (nSPS) is 17.0. The molecule has 0 spiro atoms. The number of ketones is 1. The highest BCUT2D eigenvalue weighted by atomic mass is 35.5. The summed E-state index contributed by atoms with van der Waals surface area (Å²) in [7, 11) is 0. The molecule has 3 N–H and O–H groups in total. The molecule has 1 aromatic carbocycles. The number of Topliss-reactive ketones (excluding diaryl/α,β-unsaturated/α-hetero) is 1. The molecule has 1 amide bonds. The molecule has 0 bridgehead atoms. The van der Waals surface area contributed by atoms with Gasteiger partial charge in [0.25, 0.3) is 0 Å². The number of allylic oxidation sites excluding steroid dienone is 3. The van der Waals surface area contributed by atoms with Crippen molar-refractivity contribution in [3.05, 3.63) is 75.9 Å². The van der Waals surface area contributed by atoms with Crippen LogP contribution in [-0.4, -0.2) is 24.3 Å². The van der Waals surface area contributed by atoms with Gasteiger partial charge >= 0.3 is 0 Å². The number of hydrazine groups is 1. The van der Waals surface area contributed by atoms with Crippen LogP contribution in [0.1, 0.15) is 22.2 Å². The molecule has 0 saturated carbocycles. The van der Waals surface area contributed by atoms with E-state index in [4.69, 9.17) is 16.3 Å². The number of benzene rings is 1. The number of rotatable bonds is 6. The van der Waals surface area contributed by atoms with Crippen molar-refractivity contribution in [2.24, 2.45) is 0 Å². The summed E-state index contributed by atoms with van der Waals surface area (Å²) in [6, 6.07) is 7.66. The second-order valence-corrected chi connectivity index (χ2v) is 8.43. The maximum atomic E-state index is 12.1. The van der Waals surface area contributed by atoms with E-state index < -0.39 is 0 Å². The molecule has 1 atom stereocenters. The van der Waals surface area contributed by atoms with Gasteiger partial charge < -0.3 is 20.9 Å². The van der Waals surface area contributed by atoms with Crippen LogP contribution >= 0.6 is 22.9 Å². The second kappa shape index (κ2) is 8.77. The second-order valence-electron chi connectivity index (χ2n) is 6.94. The van der Waals surface area contributed by atoms with Crippen LogP contribution in [-0.2, 0) is 11.2 Å². The van der Waals surface area contributed by atoms with Gasteiger partial charge in [-0.05, 0) is 55.0 Å². The maximum Gasteiger partial charge on any atom is 0.244 e. The minimum absolute atomic E-state index is 0.0509. The third-order valence-corrected chi connectivity index (χ3v) is 6.20. The molecule has 2 aromatic rings. The summed E-state index contributed by atoms with van der Waals surface area (Å²) in [6.45, 7) is 1.94. The first-order chi connectivity index (χ1) is 14.5. The van der Waals surface area contributed by atoms with Crippen LogP contribution in [0.25, 0.3) is 10.4 Å². The summed E-state index contributed by atoms with van der Waals surface area (Å²) in [6.07, 6.45) is 9.07. The van der Waals surface area contributed by atoms with Crippen LogP contribution < -0.4 is 20.9 Å². The van der Waals surface area contributed by atoms with Crippen molar-refractivity contribution in [1.82, 2.24) is 16.2 Å². The molecule has 8 heteroatoms. The average molecular weight is 442 g/mol. The lowest BCUT2D eigenvalue weighted by atomic mass is 10.1. The number of amides is 1. The topological polar surface area (TPSA) is 79.5 Å². The Bertz CT molecular complexity index is 1090. The molecule has 1 aromatic heterocycles. The Labute approximate surface area is 183 Å². The zero-order chi connectivity index (χ0) is 21.1. The Morgan fingerprint density at radius 3 is 2.97 bits per heavy atom. The highest BCUT2D eigenvalue weighted by Crippen LogP contribution is 2.41. The fourth-order valence-corrected chi connectivity index (χ4v) is 4.40. The lowest BCUT2D eigenvalue weighted by Crippen LogP contribution is -2.33. The maximum absolute atomic E-state index is 12.1. The van der Waals surface area contributed by atoms with Crippen LogP contribution in [0, 0.1) is 0 Å². The SMILES string of the molecule is CC(=O)c1ccc(-c2cc(Cl)c3c(c2)CC(CNC(=O)/C=C/C2=CC=CNN2)O3)s1. The fraction of sp³-hybridized carbons (Fsp3) is 0.182. The predicted octanol–water partition coefficient (Wildman–Crippen LogP) is 3.75. The van der Waals surface area contributed by atoms with E-state index in [-0.39, 0.29) is 17.8 Å². The third-order valence-electron chi connectivity index (χ3n) is 4.68. The third kappa shape index (κ3) is 4.58. The summed E-state index contributed by atoms with van der Waals surface area (Å²) in [4.78, 5) is 25.4. The van der Waals surface area contributed by atoms with E-state index in [0.717, 1.165) is 26.6 Å². The summed E-state index contributed by atoms with van der Waals surface area (Å²) in [5.74, 6) is 0.511. The highest BCUT2D eigenvalue weighted by molar-refractivity contribution is 7.17. The van der Waals surface area contributed by atoms with E-state index in [1.807, 2.05) is 36.4 Å². The Morgan fingerprint density at radius 1 is 1.37 bits per heavy atom. The van der Waals surface area contributed by atoms with Crippen molar-refractivity contribution >= 4 is 34.6 Å². The lowest BCUT2D eigenvalue weighted by Gasteiger charge is -2.12. The number of thiophene rings is 1. The van der Waals surface area contributed by atoms with Gasteiger partial charge in [-0.25, -0.2) is 0 Å². The van der Waals surface area contributed by atoms with E-state index in [2.05, 4.69) is 16.2 Å². The molecule has 30 heavy (non-hydrogen) atoms. The molecule has 6 nitrogen and oxygen atoms in total. The number of nitrogens with one attached hydrogen (secondary N) is 3. The first-order valence-corrected chi connectivity index (χ1v) is 10.6. The van der Waals surface area contributed by atoms with Gasteiger partial charge in [-0.15, -0.1) is 11.3 Å². The van der Waals surface area contributed by atoms with Crippen LogP contribution in [0.2, 0.25) is 5.02 Å². The number of carbonyl (C=O) groups excluding carboxylic acids is 2. The molecule has 1 unspecified atom stereocenters. The molecular formula is C22H20ClN3O3S. The molecule has 154 valence electrons. The van der Waals surface area contributed by atoms with Crippen molar-refractivity contribution in [2.75, 3.05) is 6.54 Å². The number of carbonyl (C=O) groups is 2. The lowest BCUT2D eigenvalue weighted by molar-refractivity contribution is -0.116. The number of hydrogen-bond acceptors (Lipinski definition) is 6. The number of fused-ring (bicyclic) bond motifs is 1. The van der Waals surface area contributed by atoms with Gasteiger partial charge in [0.1, 0.15) is 11.9 Å². The van der Waals surface area contributed by atoms with Gasteiger partial charge in [-0.3, -0.25) is 9.59 Å². The van der Waals surface area contributed by atoms with Crippen molar-refractivity contribution in [1.29, 1.82) is 0 Å². The molecule has 0 aliphatic carbocycles. The monoisotopic (exact) mass is 441 g/mol. The first-order valence-electron chi connectivity index (χ1n) is 9.44. The van der Waals surface area contributed by atoms with Crippen molar-refractivity contribution in [2.45, 2.75) is 19.4 Å². The molecule has 2 aliphatic rings. The minimum atomic E-state index is -0.200. The molecule has 3 heterocycles. The van der Waals surface area contributed by atoms with Gasteiger partial charge in [0.05, 0.1) is 22.1 Å². The van der Waals surface area contributed by atoms with E-state index in [1.165, 1.54) is 17.4 Å². The van der Waals surface area contributed by atoms with Gasteiger partial charge in [0.15, 0.2) is 5.78 Å². The Hall–Kier alpha value is -3.03. The van der Waals surface area contributed by atoms with Crippen LogP contribution in [0.3, 0.4) is 0 Å². The van der Waals surface area contributed by atoms with Crippen molar-refractivity contribution in [3.63, 3.8) is 0 Å². The minimum Gasteiger partial charge on any atom is -0.486 e. The van der Waals surface area contributed by atoms with Crippen LogP contribution in [0.4, 0.5) is 0 Å². The predicted molar refractivity (Wildman–Crippen MR) is 119 cm³/mol. The number of halogens is 1. The van der Waals surface area contributed by atoms with Gasteiger partial charge in [-0.2, -0.15) is 0 Å². The quantitative estimate of drug-likeness (QED) is 0.470. The van der Waals surface area contributed by atoms with Crippen LogP contribution in [0.15, 0.2) is 60.5 Å². The fourth-order valence-electron chi connectivity index (χ4n) is 3.23. The van der Waals surface area contributed by atoms with Gasteiger partial charge in [0, 0.05) is 29.1 Å². The molecule has 4 rings (SSSR count). The summed E-state index contributed by atoms with van der Waals surface area (Å²) in [5.41, 5.74) is 8.51. The number of ether oxygens (including phenoxy) is 1. The standard InChI is InChI=1S/C22H20ClN3O3S/c1-13(27)19-5-6-20(30-19)14-9-15-10-17(29-22(15)18(23)11-14)12-24-21(28)7-4-16-3-2-8-25-26-16/h2-9,11,17,25-26H,10,12H2,1H3,(H,24,28)/b7-4+. The zero-order valence-electron chi connectivity index (χ0n) is 16.2. The number of hydrogen-bond donors (Lipinski definition) is 3. The van der Waals surface area contributed by atoms with E-state index in [0.29, 0.717) is 23.7 Å². The van der Waals surface area contributed by atoms with Crippen molar-refractivity contribution < 1.29 is 14.3 Å². The molecule has 0 fully saturated rings. The molecule has 0 saturated heterocycles. The molecule has 2 aliphatic heterocycles. The van der Waals surface area contributed by atoms with E-state index >= 15 is 0 Å². The smallest absolute Gasteiger partial charge is 0.244 e. The summed E-state index contributed by atoms with van der Waals surface area (Å²) < 4.78 is 5.95. The van der Waals surface area contributed by atoms with Crippen LogP contribution in [0.5, 0.6) is 5.75 Å². The zero-order valence-corrected chi connectivity index (χ0v) is 17.8. The Kier molecular flexibility index (Phi) is 5.92. The Morgan fingerprint density at radius 2 is 2.23 bits per heavy atom. The molecule has 0 radical (unpaired) electrons.